The molecule has 0 radical (unpaired) electrons. The first-order valence-electron chi connectivity index (χ1n) is 5.80. The number of aromatic nitrogens is 1. The van der Waals surface area contributed by atoms with Gasteiger partial charge in [0.25, 0.3) is 5.91 Å². The van der Waals surface area contributed by atoms with Gasteiger partial charge in [0.05, 0.1) is 10.6 Å². The molecule has 0 aliphatic rings. The first kappa shape index (κ1) is 14.4. The molecular weight excluding hydrogens is 281 g/mol. The van der Waals surface area contributed by atoms with E-state index in [1.807, 2.05) is 0 Å². The molecule has 7 nitrogen and oxygen atoms in total. The highest BCUT2D eigenvalue weighted by Crippen LogP contribution is 2.18. The second-order valence-corrected chi connectivity index (χ2v) is 4.24. The van der Waals surface area contributed by atoms with Gasteiger partial charge < -0.3 is 9.88 Å². The van der Waals surface area contributed by atoms with Crippen molar-refractivity contribution in [2.24, 2.45) is 7.05 Å². The molecule has 1 heterocycles. The van der Waals surface area contributed by atoms with Gasteiger partial charge in [-0.15, -0.1) is 0 Å². The lowest BCUT2D eigenvalue weighted by atomic mass is 10.2. The Labute approximate surface area is 117 Å². The van der Waals surface area contributed by atoms with Gasteiger partial charge in [-0.05, 0) is 18.2 Å². The van der Waals surface area contributed by atoms with Crippen LogP contribution in [0.1, 0.15) is 10.4 Å². The van der Waals surface area contributed by atoms with Crippen LogP contribution in [0.4, 0.5) is 15.8 Å². The third kappa shape index (κ3) is 3.11. The topological polar surface area (TPSA) is 94.2 Å². The van der Waals surface area contributed by atoms with Crippen LogP contribution in [0.5, 0.6) is 0 Å². The minimum Gasteiger partial charge on any atom is -0.321 e. The van der Waals surface area contributed by atoms with Crippen LogP contribution in [0, 0.1) is 15.9 Å². The lowest BCUT2D eigenvalue weighted by Crippen LogP contribution is -2.18. The molecule has 2 rings (SSSR count). The predicted molar refractivity (Wildman–Crippen MR) is 72.7 cm³/mol. The fraction of sp³-hybridized carbons (Fsp3) is 0.0769. The molecule has 0 atom stereocenters. The number of rotatable bonds is 3. The van der Waals surface area contributed by atoms with E-state index in [4.69, 9.17) is 0 Å². The van der Waals surface area contributed by atoms with Gasteiger partial charge in [-0.25, -0.2) is 0 Å². The molecule has 1 N–H and O–H groups in total. The van der Waals surface area contributed by atoms with Crippen LogP contribution in [0.25, 0.3) is 0 Å². The molecule has 0 bridgehead atoms. The molecule has 0 saturated heterocycles. The number of benzene rings is 1. The predicted octanol–water partition coefficient (Wildman–Crippen LogP) is 1.68. The van der Waals surface area contributed by atoms with Crippen LogP contribution >= 0.6 is 0 Å². The van der Waals surface area contributed by atoms with Crippen LogP contribution < -0.4 is 10.9 Å². The third-order valence-corrected chi connectivity index (χ3v) is 2.75. The quantitative estimate of drug-likeness (QED) is 0.687. The molecule has 0 aliphatic heterocycles. The van der Waals surface area contributed by atoms with Crippen molar-refractivity contribution >= 4 is 17.3 Å². The van der Waals surface area contributed by atoms with Crippen LogP contribution in [-0.4, -0.2) is 15.4 Å². The summed E-state index contributed by atoms with van der Waals surface area (Å²) in [6.07, 6.45) is 1.40. The van der Waals surface area contributed by atoms with Gasteiger partial charge in [-0.3, -0.25) is 19.7 Å². The molecule has 2 aromatic rings. The Hall–Kier alpha value is -3.03. The summed E-state index contributed by atoms with van der Waals surface area (Å²) in [5.74, 6) is -1.73. The fourth-order valence-electron chi connectivity index (χ4n) is 1.67. The van der Waals surface area contributed by atoms with E-state index in [0.717, 1.165) is 18.2 Å². The monoisotopic (exact) mass is 291 g/mol. The second kappa shape index (κ2) is 5.53. The zero-order chi connectivity index (χ0) is 15.6. The Bertz CT molecular complexity index is 785. The van der Waals surface area contributed by atoms with Crippen molar-refractivity contribution in [1.29, 1.82) is 0 Å². The van der Waals surface area contributed by atoms with Crippen molar-refractivity contribution in [3.05, 3.63) is 68.4 Å². The number of aryl methyl sites for hydroxylation is 1. The standard InChI is InChI=1S/C13H10FN3O4/c1-16-7-9(3-5-12(16)18)15-13(19)8-2-4-11(17(20)21)10(14)6-8/h2-7H,1H3,(H,15,19). The SMILES string of the molecule is Cn1cc(NC(=O)c2ccc([N+](=O)[O-])c(F)c2)ccc1=O. The van der Waals surface area contributed by atoms with Gasteiger partial charge in [0.15, 0.2) is 0 Å². The van der Waals surface area contributed by atoms with Gasteiger partial charge in [-0.2, -0.15) is 4.39 Å². The van der Waals surface area contributed by atoms with E-state index in [1.54, 1.807) is 0 Å². The molecular formula is C13H10FN3O4. The van der Waals surface area contributed by atoms with Crippen molar-refractivity contribution in [3.8, 4) is 0 Å². The molecule has 1 aromatic carbocycles. The Morgan fingerprint density at radius 2 is 2.05 bits per heavy atom. The minimum atomic E-state index is -1.09. The number of halogens is 1. The molecule has 0 aliphatic carbocycles. The van der Waals surface area contributed by atoms with Crippen LogP contribution in [0.3, 0.4) is 0 Å². The van der Waals surface area contributed by atoms with E-state index in [0.29, 0.717) is 5.69 Å². The second-order valence-electron chi connectivity index (χ2n) is 4.24. The molecule has 1 amide bonds. The first-order valence-corrected chi connectivity index (χ1v) is 5.80. The van der Waals surface area contributed by atoms with Crippen molar-refractivity contribution in [3.63, 3.8) is 0 Å². The average Bonchev–Trinajstić information content (AvgIpc) is 2.42. The Kier molecular flexibility index (Phi) is 3.79. The maximum Gasteiger partial charge on any atom is 0.304 e. The van der Waals surface area contributed by atoms with Crippen molar-refractivity contribution in [2.75, 3.05) is 5.32 Å². The van der Waals surface area contributed by atoms with E-state index >= 15 is 0 Å². The lowest BCUT2D eigenvalue weighted by Gasteiger charge is -2.06. The number of amides is 1. The Morgan fingerprint density at radius 3 is 2.62 bits per heavy atom. The smallest absolute Gasteiger partial charge is 0.304 e. The molecule has 0 unspecified atom stereocenters. The maximum absolute atomic E-state index is 13.4. The maximum atomic E-state index is 13.4. The number of nitrogens with one attached hydrogen (secondary N) is 1. The normalized spacial score (nSPS) is 10.2. The summed E-state index contributed by atoms with van der Waals surface area (Å²) in [5.41, 5.74) is -0.657. The van der Waals surface area contributed by atoms with Crippen LogP contribution in [0.2, 0.25) is 0 Å². The fourth-order valence-corrected chi connectivity index (χ4v) is 1.67. The van der Waals surface area contributed by atoms with E-state index < -0.39 is 22.3 Å². The number of nitro groups is 1. The van der Waals surface area contributed by atoms with Gasteiger partial charge in [0, 0.05) is 30.9 Å². The summed E-state index contributed by atoms with van der Waals surface area (Å²) in [4.78, 5) is 32.7. The van der Waals surface area contributed by atoms with Gasteiger partial charge in [-0.1, -0.05) is 0 Å². The van der Waals surface area contributed by atoms with Crippen LogP contribution in [-0.2, 0) is 7.05 Å². The zero-order valence-electron chi connectivity index (χ0n) is 10.9. The molecule has 21 heavy (non-hydrogen) atoms. The number of anilines is 1. The number of hydrogen-bond donors (Lipinski definition) is 1. The number of carbonyl (C=O) groups is 1. The number of nitrogens with zero attached hydrogens (tertiary/aromatic N) is 2. The molecule has 0 spiro atoms. The Morgan fingerprint density at radius 1 is 1.33 bits per heavy atom. The zero-order valence-corrected chi connectivity index (χ0v) is 10.9. The van der Waals surface area contributed by atoms with Gasteiger partial charge >= 0.3 is 5.69 Å². The average molecular weight is 291 g/mol. The summed E-state index contributed by atoms with van der Waals surface area (Å²) in [5, 5.41) is 13.0. The summed E-state index contributed by atoms with van der Waals surface area (Å²) in [7, 11) is 1.52. The number of pyridine rings is 1. The largest absolute Gasteiger partial charge is 0.321 e. The van der Waals surface area contributed by atoms with E-state index in [1.165, 1.54) is 29.9 Å². The van der Waals surface area contributed by atoms with E-state index in [-0.39, 0.29) is 11.1 Å². The molecule has 8 heteroatoms. The summed E-state index contributed by atoms with van der Waals surface area (Å²) in [6.45, 7) is 0. The van der Waals surface area contributed by atoms with Crippen LogP contribution in [0.15, 0.2) is 41.3 Å². The highest BCUT2D eigenvalue weighted by Gasteiger charge is 2.16. The van der Waals surface area contributed by atoms with Gasteiger partial charge in [0.1, 0.15) is 0 Å². The number of nitro benzene ring substituents is 1. The summed E-state index contributed by atoms with van der Waals surface area (Å²) >= 11 is 0. The molecule has 108 valence electrons. The molecule has 1 aromatic heterocycles. The van der Waals surface area contributed by atoms with Crippen molar-refractivity contribution < 1.29 is 14.1 Å². The third-order valence-electron chi connectivity index (χ3n) is 2.75. The van der Waals surface area contributed by atoms with E-state index in [2.05, 4.69) is 5.32 Å². The molecule has 0 saturated carbocycles. The highest BCUT2D eigenvalue weighted by atomic mass is 19.1. The first-order chi connectivity index (χ1) is 9.88. The highest BCUT2D eigenvalue weighted by molar-refractivity contribution is 6.04. The minimum absolute atomic E-state index is 0.0630. The number of hydrogen-bond acceptors (Lipinski definition) is 4. The van der Waals surface area contributed by atoms with Crippen molar-refractivity contribution in [2.45, 2.75) is 0 Å². The number of carbonyl (C=O) groups excluding carboxylic acids is 1. The lowest BCUT2D eigenvalue weighted by molar-refractivity contribution is -0.387. The van der Waals surface area contributed by atoms with Crippen molar-refractivity contribution in [1.82, 2.24) is 4.57 Å². The van der Waals surface area contributed by atoms with Gasteiger partial charge in [0.2, 0.25) is 11.4 Å². The van der Waals surface area contributed by atoms with E-state index in [9.17, 15) is 24.1 Å². The summed E-state index contributed by atoms with van der Waals surface area (Å²) < 4.78 is 14.7. The Balaban J connectivity index is 2.24. The summed E-state index contributed by atoms with van der Waals surface area (Å²) in [6, 6.07) is 5.53. The molecule has 0 fully saturated rings.